The fourth-order valence-electron chi connectivity index (χ4n) is 3.80. The Bertz CT molecular complexity index is 648. The molecule has 1 saturated heterocycles. The molecule has 0 bridgehead atoms. The van der Waals surface area contributed by atoms with Gasteiger partial charge in [0.15, 0.2) is 0 Å². The first-order chi connectivity index (χ1) is 13.8. The van der Waals surface area contributed by atoms with Gasteiger partial charge >= 0.3 is 0 Å². The highest BCUT2D eigenvalue weighted by Gasteiger charge is 2.18. The fourth-order valence-corrected chi connectivity index (χ4v) is 3.80. The summed E-state index contributed by atoms with van der Waals surface area (Å²) < 4.78 is 11.8. The third kappa shape index (κ3) is 7.20. The van der Waals surface area contributed by atoms with Gasteiger partial charge in [0.05, 0.1) is 6.61 Å². The summed E-state index contributed by atoms with van der Waals surface area (Å²) in [5, 5.41) is 0. The van der Waals surface area contributed by atoms with Crippen LogP contribution in [-0.2, 0) is 6.61 Å². The molecule has 3 rings (SSSR count). The summed E-state index contributed by atoms with van der Waals surface area (Å²) in [6, 6.07) is 18.2. The molecule has 0 N–H and O–H groups in total. The maximum Gasteiger partial charge on any atom is 0.120 e. The third-order valence-corrected chi connectivity index (χ3v) is 5.65. The van der Waals surface area contributed by atoms with Crippen molar-refractivity contribution in [2.75, 3.05) is 26.2 Å². The Morgan fingerprint density at radius 2 is 1.54 bits per heavy atom. The van der Waals surface area contributed by atoms with E-state index < -0.39 is 0 Å². The van der Waals surface area contributed by atoms with Gasteiger partial charge in [-0.3, -0.25) is 0 Å². The smallest absolute Gasteiger partial charge is 0.120 e. The molecule has 1 aliphatic heterocycles. The summed E-state index contributed by atoms with van der Waals surface area (Å²) in [6.45, 7) is 7.50. The second kappa shape index (κ2) is 11.8. The third-order valence-electron chi connectivity index (χ3n) is 5.65. The second-order valence-electron chi connectivity index (χ2n) is 7.87. The van der Waals surface area contributed by atoms with Crippen molar-refractivity contribution in [2.45, 2.75) is 52.1 Å². The Morgan fingerprint density at radius 1 is 0.857 bits per heavy atom. The Labute approximate surface area is 170 Å². The van der Waals surface area contributed by atoms with Crippen molar-refractivity contribution >= 4 is 0 Å². The van der Waals surface area contributed by atoms with Crippen LogP contribution in [0.15, 0.2) is 54.6 Å². The van der Waals surface area contributed by atoms with Crippen LogP contribution < -0.4 is 9.47 Å². The minimum absolute atomic E-state index is 0.595. The Hall–Kier alpha value is -2.00. The SMILES string of the molecule is CCCCCN1CCC(CCOc2ccc(OCc3ccccc3)cc2)CC1. The number of nitrogens with zero attached hydrogens (tertiary/aromatic N) is 1. The van der Waals surface area contributed by atoms with Crippen LogP contribution in [0.4, 0.5) is 0 Å². The van der Waals surface area contributed by atoms with Crippen LogP contribution >= 0.6 is 0 Å². The maximum absolute atomic E-state index is 5.96. The minimum atomic E-state index is 0.595. The zero-order valence-electron chi connectivity index (χ0n) is 17.3. The van der Waals surface area contributed by atoms with Crippen molar-refractivity contribution in [3.8, 4) is 11.5 Å². The van der Waals surface area contributed by atoms with Gasteiger partial charge in [-0.25, -0.2) is 0 Å². The number of hydrogen-bond acceptors (Lipinski definition) is 3. The molecule has 3 nitrogen and oxygen atoms in total. The predicted octanol–water partition coefficient (Wildman–Crippen LogP) is 5.94. The van der Waals surface area contributed by atoms with E-state index in [-0.39, 0.29) is 0 Å². The van der Waals surface area contributed by atoms with Crippen LogP contribution in [0.5, 0.6) is 11.5 Å². The number of likely N-dealkylation sites (tertiary alicyclic amines) is 1. The van der Waals surface area contributed by atoms with E-state index in [2.05, 4.69) is 24.0 Å². The first-order valence-electron chi connectivity index (χ1n) is 11.0. The number of unbranched alkanes of at least 4 members (excludes halogenated alkanes) is 2. The van der Waals surface area contributed by atoms with Crippen LogP contribution in [0.25, 0.3) is 0 Å². The van der Waals surface area contributed by atoms with Crippen molar-refractivity contribution < 1.29 is 9.47 Å². The van der Waals surface area contributed by atoms with Gasteiger partial charge in [-0.05, 0) is 81.1 Å². The lowest BCUT2D eigenvalue weighted by Gasteiger charge is -2.31. The summed E-state index contributed by atoms with van der Waals surface area (Å²) in [5.41, 5.74) is 1.18. The van der Waals surface area contributed by atoms with Crippen molar-refractivity contribution in [1.82, 2.24) is 4.90 Å². The highest BCUT2D eigenvalue weighted by atomic mass is 16.5. The lowest BCUT2D eigenvalue weighted by molar-refractivity contribution is 0.161. The number of piperidine rings is 1. The molecule has 0 unspecified atom stereocenters. The van der Waals surface area contributed by atoms with E-state index in [4.69, 9.17) is 9.47 Å². The molecule has 3 heteroatoms. The summed E-state index contributed by atoms with van der Waals surface area (Å²) >= 11 is 0. The van der Waals surface area contributed by atoms with Gasteiger partial charge in [0.2, 0.25) is 0 Å². The molecule has 0 aliphatic carbocycles. The molecule has 0 radical (unpaired) electrons. The average molecular weight is 382 g/mol. The van der Waals surface area contributed by atoms with Crippen LogP contribution in [0.1, 0.15) is 51.0 Å². The molecular weight excluding hydrogens is 346 g/mol. The van der Waals surface area contributed by atoms with Gasteiger partial charge in [0.1, 0.15) is 18.1 Å². The van der Waals surface area contributed by atoms with Crippen molar-refractivity contribution in [3.63, 3.8) is 0 Å². The predicted molar refractivity (Wildman–Crippen MR) is 116 cm³/mol. The van der Waals surface area contributed by atoms with Crippen LogP contribution in [-0.4, -0.2) is 31.1 Å². The molecule has 152 valence electrons. The number of rotatable bonds is 11. The van der Waals surface area contributed by atoms with Gasteiger partial charge in [0, 0.05) is 0 Å². The summed E-state index contributed by atoms with van der Waals surface area (Å²) in [4.78, 5) is 2.64. The van der Waals surface area contributed by atoms with Crippen LogP contribution in [0.3, 0.4) is 0 Å². The van der Waals surface area contributed by atoms with Crippen LogP contribution in [0, 0.1) is 5.92 Å². The van der Waals surface area contributed by atoms with E-state index in [0.29, 0.717) is 6.61 Å². The molecule has 0 atom stereocenters. The zero-order valence-corrected chi connectivity index (χ0v) is 17.3. The highest BCUT2D eigenvalue weighted by Crippen LogP contribution is 2.23. The number of hydrogen-bond donors (Lipinski definition) is 0. The van der Waals surface area contributed by atoms with E-state index in [9.17, 15) is 0 Å². The van der Waals surface area contributed by atoms with Crippen molar-refractivity contribution in [3.05, 3.63) is 60.2 Å². The molecular formula is C25H35NO2. The molecule has 1 aliphatic rings. The molecule has 0 saturated carbocycles. The first-order valence-corrected chi connectivity index (χ1v) is 11.0. The van der Waals surface area contributed by atoms with Crippen molar-refractivity contribution in [2.24, 2.45) is 5.92 Å². The molecule has 1 heterocycles. The van der Waals surface area contributed by atoms with Crippen molar-refractivity contribution in [1.29, 1.82) is 0 Å². The minimum Gasteiger partial charge on any atom is -0.494 e. The van der Waals surface area contributed by atoms with Gasteiger partial charge in [-0.1, -0.05) is 50.1 Å². The van der Waals surface area contributed by atoms with Gasteiger partial charge < -0.3 is 14.4 Å². The Kier molecular flexibility index (Phi) is 8.70. The zero-order chi connectivity index (χ0) is 19.4. The summed E-state index contributed by atoms with van der Waals surface area (Å²) in [7, 11) is 0. The highest BCUT2D eigenvalue weighted by molar-refractivity contribution is 5.31. The van der Waals surface area contributed by atoms with Crippen LogP contribution in [0.2, 0.25) is 0 Å². The molecule has 28 heavy (non-hydrogen) atoms. The van der Waals surface area contributed by atoms with Gasteiger partial charge in [-0.15, -0.1) is 0 Å². The van der Waals surface area contributed by atoms with E-state index >= 15 is 0 Å². The quantitative estimate of drug-likeness (QED) is 0.450. The first kappa shape index (κ1) is 20.7. The Morgan fingerprint density at radius 3 is 2.21 bits per heavy atom. The standard InChI is InChI=1S/C25H35NO2/c1-2-3-7-17-26-18-14-22(15-19-26)16-20-27-24-10-12-25(13-11-24)28-21-23-8-5-4-6-9-23/h4-6,8-13,22H,2-3,7,14-21H2,1H3. The molecule has 2 aromatic carbocycles. The average Bonchev–Trinajstić information content (AvgIpc) is 2.75. The monoisotopic (exact) mass is 381 g/mol. The van der Waals surface area contributed by atoms with E-state index in [0.717, 1.165) is 30.4 Å². The molecule has 0 aromatic heterocycles. The summed E-state index contributed by atoms with van der Waals surface area (Å²) in [5.74, 6) is 2.63. The number of ether oxygens (including phenoxy) is 2. The molecule has 1 fully saturated rings. The topological polar surface area (TPSA) is 21.7 Å². The fraction of sp³-hybridized carbons (Fsp3) is 0.520. The van der Waals surface area contributed by atoms with E-state index in [1.165, 1.54) is 57.3 Å². The Balaban J connectivity index is 1.30. The number of benzene rings is 2. The van der Waals surface area contributed by atoms with Gasteiger partial charge in [0.25, 0.3) is 0 Å². The van der Waals surface area contributed by atoms with Gasteiger partial charge in [-0.2, -0.15) is 0 Å². The lowest BCUT2D eigenvalue weighted by atomic mass is 9.94. The molecule has 0 spiro atoms. The molecule has 2 aromatic rings. The second-order valence-corrected chi connectivity index (χ2v) is 7.87. The lowest BCUT2D eigenvalue weighted by Crippen LogP contribution is -2.34. The maximum atomic E-state index is 5.96. The van der Waals surface area contributed by atoms with E-state index in [1.807, 2.05) is 42.5 Å². The van der Waals surface area contributed by atoms with E-state index in [1.54, 1.807) is 0 Å². The largest absolute Gasteiger partial charge is 0.494 e. The normalized spacial score (nSPS) is 15.5. The molecule has 0 amide bonds. The summed E-state index contributed by atoms with van der Waals surface area (Å²) in [6.07, 6.45) is 7.84.